The Labute approximate surface area is 107 Å². The molecular formula is C12H16NO4P. The van der Waals surface area contributed by atoms with Crippen molar-refractivity contribution in [1.29, 1.82) is 5.26 Å². The number of hydrogen-bond acceptors (Lipinski definition) is 5. The van der Waals surface area contributed by atoms with E-state index in [0.29, 0.717) is 5.56 Å². The van der Waals surface area contributed by atoms with Gasteiger partial charge in [0.1, 0.15) is 0 Å². The molecule has 0 aliphatic carbocycles. The van der Waals surface area contributed by atoms with Crippen molar-refractivity contribution >= 4 is 7.60 Å². The van der Waals surface area contributed by atoms with Crippen LogP contribution in [0.15, 0.2) is 30.3 Å². The van der Waals surface area contributed by atoms with Crippen LogP contribution < -0.4 is 0 Å². The molecule has 1 aromatic rings. The van der Waals surface area contributed by atoms with Gasteiger partial charge in [-0.05, 0) is 13.8 Å². The molecule has 0 N–H and O–H groups in total. The topological polar surface area (TPSA) is 68.6 Å². The van der Waals surface area contributed by atoms with Crippen LogP contribution in [0.1, 0.15) is 25.3 Å². The highest BCUT2D eigenvalue weighted by Crippen LogP contribution is 2.61. The van der Waals surface area contributed by atoms with Gasteiger partial charge in [-0.2, -0.15) is 5.26 Å². The van der Waals surface area contributed by atoms with Gasteiger partial charge >= 0.3 is 7.60 Å². The zero-order valence-electron chi connectivity index (χ0n) is 10.4. The molecule has 98 valence electrons. The van der Waals surface area contributed by atoms with E-state index in [-0.39, 0.29) is 13.2 Å². The summed E-state index contributed by atoms with van der Waals surface area (Å²) in [4.78, 5) is 0. The monoisotopic (exact) mass is 269 g/mol. The van der Waals surface area contributed by atoms with E-state index >= 15 is 0 Å². The third kappa shape index (κ3) is 3.58. The molecule has 0 saturated heterocycles. The lowest BCUT2D eigenvalue weighted by Crippen LogP contribution is -2.08. The Kier molecular flexibility index (Phi) is 5.87. The first kappa shape index (κ1) is 14.7. The Balaban J connectivity index is 3.09. The molecule has 0 aliphatic heterocycles. The molecule has 0 bridgehead atoms. The van der Waals surface area contributed by atoms with Gasteiger partial charge in [0, 0.05) is 5.56 Å². The first-order chi connectivity index (χ1) is 8.68. The first-order valence-corrected chi connectivity index (χ1v) is 7.27. The molecule has 0 aliphatic rings. The predicted molar refractivity (Wildman–Crippen MR) is 66.7 cm³/mol. The van der Waals surface area contributed by atoms with Gasteiger partial charge in [0.2, 0.25) is 5.85 Å². The van der Waals surface area contributed by atoms with Crippen molar-refractivity contribution in [2.24, 2.45) is 0 Å². The lowest BCUT2D eigenvalue weighted by Gasteiger charge is -2.24. The SMILES string of the molecule is CCOP(=O)(OCC)C(OC#N)c1ccccc1. The molecule has 1 aromatic carbocycles. The molecule has 1 rings (SSSR count). The Hall–Kier alpha value is -1.34. The molecule has 18 heavy (non-hydrogen) atoms. The summed E-state index contributed by atoms with van der Waals surface area (Å²) in [5.41, 5.74) is 0.587. The van der Waals surface area contributed by atoms with Gasteiger partial charge in [0.05, 0.1) is 13.2 Å². The highest BCUT2D eigenvalue weighted by Gasteiger charge is 2.39. The Morgan fingerprint density at radius 2 is 1.78 bits per heavy atom. The van der Waals surface area contributed by atoms with Crippen LogP contribution in [0.3, 0.4) is 0 Å². The Bertz CT molecular complexity index is 433. The summed E-state index contributed by atoms with van der Waals surface area (Å²) in [6, 6.07) is 8.79. The van der Waals surface area contributed by atoms with Crippen molar-refractivity contribution < 1.29 is 18.3 Å². The van der Waals surface area contributed by atoms with E-state index in [2.05, 4.69) is 0 Å². The third-order valence-electron chi connectivity index (χ3n) is 2.15. The third-order valence-corrected chi connectivity index (χ3v) is 4.37. The number of ether oxygens (including phenoxy) is 1. The van der Waals surface area contributed by atoms with Crippen LogP contribution in [0.2, 0.25) is 0 Å². The summed E-state index contributed by atoms with van der Waals surface area (Å²) >= 11 is 0. The molecule has 0 amide bonds. The summed E-state index contributed by atoms with van der Waals surface area (Å²) in [5.74, 6) is -1.02. The molecule has 0 heterocycles. The second kappa shape index (κ2) is 7.17. The van der Waals surface area contributed by atoms with Crippen LogP contribution in [-0.4, -0.2) is 13.2 Å². The minimum atomic E-state index is -3.51. The van der Waals surface area contributed by atoms with Crippen molar-refractivity contribution in [2.75, 3.05) is 13.2 Å². The smallest absolute Gasteiger partial charge is 0.376 e. The van der Waals surface area contributed by atoms with E-state index in [4.69, 9.17) is 19.0 Å². The molecular weight excluding hydrogens is 253 g/mol. The van der Waals surface area contributed by atoms with E-state index in [0.717, 1.165) is 0 Å². The van der Waals surface area contributed by atoms with Crippen molar-refractivity contribution in [3.63, 3.8) is 0 Å². The Morgan fingerprint density at radius 3 is 2.22 bits per heavy atom. The van der Waals surface area contributed by atoms with Crippen LogP contribution in [0.4, 0.5) is 0 Å². The van der Waals surface area contributed by atoms with Gasteiger partial charge in [0.25, 0.3) is 6.26 Å². The minimum absolute atomic E-state index is 0.218. The normalized spacial score (nSPS) is 12.7. The highest BCUT2D eigenvalue weighted by molar-refractivity contribution is 7.54. The summed E-state index contributed by atoms with van der Waals surface area (Å²) in [6.07, 6.45) is 1.56. The summed E-state index contributed by atoms with van der Waals surface area (Å²) in [7, 11) is -3.51. The number of nitrogens with zero attached hydrogens (tertiary/aromatic N) is 1. The number of benzene rings is 1. The van der Waals surface area contributed by atoms with Gasteiger partial charge in [-0.1, -0.05) is 30.3 Å². The fourth-order valence-corrected chi connectivity index (χ4v) is 3.29. The zero-order chi connectivity index (χ0) is 13.4. The molecule has 0 fully saturated rings. The van der Waals surface area contributed by atoms with Crippen molar-refractivity contribution in [3.8, 4) is 6.26 Å². The maximum atomic E-state index is 12.6. The molecule has 0 radical (unpaired) electrons. The molecule has 0 aromatic heterocycles. The molecule has 0 saturated carbocycles. The highest BCUT2D eigenvalue weighted by atomic mass is 31.2. The van der Waals surface area contributed by atoms with Gasteiger partial charge < -0.3 is 13.8 Å². The van der Waals surface area contributed by atoms with Crippen LogP contribution in [-0.2, 0) is 18.3 Å². The van der Waals surface area contributed by atoms with Crippen molar-refractivity contribution in [3.05, 3.63) is 35.9 Å². The second-order valence-electron chi connectivity index (χ2n) is 3.35. The largest absolute Gasteiger partial charge is 0.406 e. The van der Waals surface area contributed by atoms with Crippen LogP contribution in [0.5, 0.6) is 0 Å². The molecule has 6 heteroatoms. The minimum Gasteiger partial charge on any atom is -0.406 e. The number of rotatable bonds is 7. The van der Waals surface area contributed by atoms with Gasteiger partial charge in [-0.15, -0.1) is 0 Å². The fourth-order valence-electron chi connectivity index (χ4n) is 1.52. The average Bonchev–Trinajstić information content (AvgIpc) is 2.37. The van der Waals surface area contributed by atoms with Gasteiger partial charge in [-0.3, -0.25) is 4.57 Å². The Morgan fingerprint density at radius 1 is 1.22 bits per heavy atom. The van der Waals surface area contributed by atoms with Gasteiger partial charge in [-0.25, -0.2) is 0 Å². The van der Waals surface area contributed by atoms with Gasteiger partial charge in [0.15, 0.2) is 0 Å². The molecule has 1 unspecified atom stereocenters. The lowest BCUT2D eigenvalue weighted by molar-refractivity contribution is 0.144. The lowest BCUT2D eigenvalue weighted by atomic mass is 10.2. The van der Waals surface area contributed by atoms with Crippen LogP contribution in [0, 0.1) is 11.5 Å². The van der Waals surface area contributed by atoms with Crippen molar-refractivity contribution in [2.45, 2.75) is 19.7 Å². The molecule has 5 nitrogen and oxygen atoms in total. The van der Waals surface area contributed by atoms with E-state index in [1.165, 1.54) is 0 Å². The molecule has 1 atom stereocenters. The average molecular weight is 269 g/mol. The number of hydrogen-bond donors (Lipinski definition) is 0. The molecule has 0 spiro atoms. The zero-order valence-corrected chi connectivity index (χ0v) is 11.3. The van der Waals surface area contributed by atoms with E-state index in [1.54, 1.807) is 44.4 Å². The van der Waals surface area contributed by atoms with E-state index in [9.17, 15) is 4.57 Å². The fraction of sp³-hybridized carbons (Fsp3) is 0.417. The van der Waals surface area contributed by atoms with Crippen molar-refractivity contribution in [1.82, 2.24) is 0 Å². The van der Waals surface area contributed by atoms with E-state index < -0.39 is 13.4 Å². The predicted octanol–water partition coefficient (Wildman–Crippen LogP) is 3.45. The second-order valence-corrected chi connectivity index (χ2v) is 5.41. The summed E-state index contributed by atoms with van der Waals surface area (Å²) in [5, 5.41) is 8.69. The van der Waals surface area contributed by atoms with E-state index in [1.807, 2.05) is 6.07 Å². The number of nitriles is 1. The quantitative estimate of drug-likeness (QED) is 0.560. The maximum absolute atomic E-state index is 12.6. The summed E-state index contributed by atoms with van der Waals surface area (Å²) < 4.78 is 27.9. The van der Waals surface area contributed by atoms with Crippen LogP contribution >= 0.6 is 7.60 Å². The maximum Gasteiger partial charge on any atom is 0.376 e. The standard InChI is InChI=1S/C12H16NO4P/c1-3-16-18(14,17-4-2)12(15-10-13)11-8-6-5-7-9-11/h5-9,12H,3-4H2,1-2H3. The first-order valence-electron chi connectivity index (χ1n) is 5.66. The van der Waals surface area contributed by atoms with Crippen LogP contribution in [0.25, 0.3) is 0 Å². The summed E-state index contributed by atoms with van der Waals surface area (Å²) in [6.45, 7) is 3.85.